The van der Waals surface area contributed by atoms with Gasteiger partial charge in [0.2, 0.25) is 0 Å². The molecule has 0 aromatic heterocycles. The topological polar surface area (TPSA) is 43.7 Å². The molecule has 1 fully saturated rings. The maximum Gasteiger partial charge on any atom is 0.491 e. The quantitative estimate of drug-likeness (QED) is 0.758. The Morgan fingerprint density at radius 2 is 2.05 bits per heavy atom. The van der Waals surface area contributed by atoms with Gasteiger partial charge in [-0.3, -0.25) is 4.90 Å². The molecule has 1 aromatic carbocycles. The van der Waals surface area contributed by atoms with Gasteiger partial charge in [0.1, 0.15) is 5.82 Å². The molecule has 3 nitrogen and oxygen atoms in total. The van der Waals surface area contributed by atoms with Gasteiger partial charge in [-0.15, -0.1) is 0 Å². The van der Waals surface area contributed by atoms with E-state index in [2.05, 4.69) is 18.7 Å². The molecule has 5 heteroatoms. The Hall–Kier alpha value is -0.905. The summed E-state index contributed by atoms with van der Waals surface area (Å²) < 4.78 is 13.4. The molecule has 2 N–H and O–H groups in total. The second kappa shape index (κ2) is 6.03. The Morgan fingerprint density at radius 1 is 1.37 bits per heavy atom. The number of benzene rings is 1. The van der Waals surface area contributed by atoms with Gasteiger partial charge in [-0.2, -0.15) is 0 Å². The van der Waals surface area contributed by atoms with Gasteiger partial charge in [0.15, 0.2) is 0 Å². The molecular formula is C14H21BFNO2. The van der Waals surface area contributed by atoms with Gasteiger partial charge in [-0.1, -0.05) is 12.1 Å². The largest absolute Gasteiger partial charge is 0.491 e. The fraction of sp³-hybridized carbons (Fsp3) is 0.571. The molecule has 1 aliphatic rings. The molecule has 0 saturated heterocycles. The van der Waals surface area contributed by atoms with E-state index in [9.17, 15) is 4.39 Å². The van der Waals surface area contributed by atoms with Crippen molar-refractivity contribution in [3.63, 3.8) is 0 Å². The van der Waals surface area contributed by atoms with Crippen LogP contribution < -0.4 is 5.46 Å². The summed E-state index contributed by atoms with van der Waals surface area (Å²) in [5, 5.41) is 18.3. The van der Waals surface area contributed by atoms with E-state index in [0.29, 0.717) is 12.6 Å². The molecular weight excluding hydrogens is 244 g/mol. The van der Waals surface area contributed by atoms with Crippen LogP contribution in [0.4, 0.5) is 4.39 Å². The molecule has 0 aliphatic heterocycles. The summed E-state index contributed by atoms with van der Waals surface area (Å²) in [7, 11) is -1.75. The first kappa shape index (κ1) is 14.5. The summed E-state index contributed by atoms with van der Waals surface area (Å²) in [6, 6.07) is 4.99. The number of hydrogen-bond acceptors (Lipinski definition) is 3. The van der Waals surface area contributed by atoms with E-state index in [-0.39, 0.29) is 5.46 Å². The summed E-state index contributed by atoms with van der Waals surface area (Å²) in [4.78, 5) is 2.35. The van der Waals surface area contributed by atoms with Gasteiger partial charge >= 0.3 is 7.12 Å². The lowest BCUT2D eigenvalue weighted by molar-refractivity contribution is 0.204. The van der Waals surface area contributed by atoms with Gasteiger partial charge in [-0.25, -0.2) is 4.39 Å². The third-order valence-corrected chi connectivity index (χ3v) is 3.64. The molecule has 0 spiro atoms. The average Bonchev–Trinajstić information content (AvgIpc) is 3.14. The van der Waals surface area contributed by atoms with E-state index in [1.807, 2.05) is 0 Å². The van der Waals surface area contributed by atoms with Crippen molar-refractivity contribution in [3.05, 3.63) is 29.6 Å². The monoisotopic (exact) mass is 265 g/mol. The summed E-state index contributed by atoms with van der Waals surface area (Å²) in [6.07, 6.45) is 2.60. The summed E-state index contributed by atoms with van der Waals surface area (Å²) in [5.74, 6) is 0.225. The van der Waals surface area contributed by atoms with Crippen LogP contribution in [-0.4, -0.2) is 34.7 Å². The summed E-state index contributed by atoms with van der Waals surface area (Å²) in [5.41, 5.74) is 0.867. The zero-order valence-electron chi connectivity index (χ0n) is 11.5. The first-order valence-corrected chi connectivity index (χ1v) is 6.86. The van der Waals surface area contributed by atoms with Crippen molar-refractivity contribution < 1.29 is 14.4 Å². The SMILES string of the molecule is CC(C)N(Cc1ccc(F)c(B(O)O)c1)CC1CC1. The van der Waals surface area contributed by atoms with Crippen molar-refractivity contribution in [2.75, 3.05) is 6.54 Å². The number of rotatable bonds is 6. The minimum Gasteiger partial charge on any atom is -0.423 e. The maximum atomic E-state index is 13.4. The Morgan fingerprint density at radius 3 is 2.58 bits per heavy atom. The highest BCUT2D eigenvalue weighted by Gasteiger charge is 2.26. The molecule has 104 valence electrons. The van der Waals surface area contributed by atoms with E-state index in [1.165, 1.54) is 18.9 Å². The molecule has 1 aromatic rings. The Bertz CT molecular complexity index is 435. The Kier molecular flexibility index (Phi) is 4.60. The van der Waals surface area contributed by atoms with Crippen molar-refractivity contribution in [3.8, 4) is 0 Å². The second-order valence-electron chi connectivity index (χ2n) is 5.70. The third kappa shape index (κ3) is 4.03. The third-order valence-electron chi connectivity index (χ3n) is 3.64. The van der Waals surface area contributed by atoms with E-state index in [1.54, 1.807) is 12.1 Å². The molecule has 0 bridgehead atoms. The number of hydrogen-bond donors (Lipinski definition) is 2. The lowest BCUT2D eigenvalue weighted by Gasteiger charge is -2.26. The molecule has 0 atom stereocenters. The van der Waals surface area contributed by atoms with E-state index in [0.717, 1.165) is 18.0 Å². The molecule has 0 unspecified atom stereocenters. The zero-order chi connectivity index (χ0) is 14.0. The normalized spacial score (nSPS) is 15.3. The summed E-state index contributed by atoms with van der Waals surface area (Å²) >= 11 is 0. The van der Waals surface area contributed by atoms with Gasteiger partial charge in [0, 0.05) is 24.6 Å². The number of nitrogens with zero attached hydrogens (tertiary/aromatic N) is 1. The van der Waals surface area contributed by atoms with Crippen LogP contribution in [0.25, 0.3) is 0 Å². The van der Waals surface area contributed by atoms with Crippen LogP contribution in [0, 0.1) is 11.7 Å². The minimum absolute atomic E-state index is 0.0485. The highest BCUT2D eigenvalue weighted by atomic mass is 19.1. The van der Waals surface area contributed by atoms with Gasteiger partial charge in [-0.05, 0) is 44.2 Å². The molecule has 0 amide bonds. The zero-order valence-corrected chi connectivity index (χ0v) is 11.5. The predicted octanol–water partition coefficient (Wildman–Crippen LogP) is 1.13. The second-order valence-corrected chi connectivity index (χ2v) is 5.70. The highest BCUT2D eigenvalue weighted by Crippen LogP contribution is 2.30. The molecule has 2 rings (SSSR count). The highest BCUT2D eigenvalue weighted by molar-refractivity contribution is 6.58. The summed E-state index contributed by atoms with van der Waals surface area (Å²) in [6.45, 7) is 6.07. The van der Waals surface area contributed by atoms with Crippen molar-refractivity contribution in [1.29, 1.82) is 0 Å². The van der Waals surface area contributed by atoms with Crippen LogP contribution in [0.5, 0.6) is 0 Å². The maximum absolute atomic E-state index is 13.4. The minimum atomic E-state index is -1.75. The van der Waals surface area contributed by atoms with Gasteiger partial charge in [0.05, 0.1) is 0 Å². The number of halogens is 1. The van der Waals surface area contributed by atoms with E-state index in [4.69, 9.17) is 10.0 Å². The first-order valence-electron chi connectivity index (χ1n) is 6.86. The van der Waals surface area contributed by atoms with Crippen molar-refractivity contribution >= 4 is 12.6 Å². The molecule has 0 heterocycles. The van der Waals surface area contributed by atoms with Crippen LogP contribution in [0.15, 0.2) is 18.2 Å². The van der Waals surface area contributed by atoms with Gasteiger partial charge < -0.3 is 10.0 Å². The standard InChI is InChI=1S/C14H21BFNO2/c1-10(2)17(8-11-3-4-11)9-12-5-6-14(16)13(7-12)15(18)19/h5-7,10-11,18-19H,3-4,8-9H2,1-2H3. The van der Waals surface area contributed by atoms with Crippen molar-refractivity contribution in [1.82, 2.24) is 4.90 Å². The van der Waals surface area contributed by atoms with Crippen molar-refractivity contribution in [2.24, 2.45) is 5.92 Å². The lowest BCUT2D eigenvalue weighted by atomic mass is 9.79. The van der Waals surface area contributed by atoms with Gasteiger partial charge in [0.25, 0.3) is 0 Å². The smallest absolute Gasteiger partial charge is 0.423 e. The van der Waals surface area contributed by atoms with Crippen LogP contribution in [0.1, 0.15) is 32.3 Å². The average molecular weight is 265 g/mol. The Labute approximate surface area is 114 Å². The van der Waals surface area contributed by atoms with Crippen LogP contribution in [0.3, 0.4) is 0 Å². The molecule has 0 radical (unpaired) electrons. The van der Waals surface area contributed by atoms with Crippen LogP contribution in [-0.2, 0) is 6.54 Å². The molecule has 19 heavy (non-hydrogen) atoms. The van der Waals surface area contributed by atoms with E-state index < -0.39 is 12.9 Å². The van der Waals surface area contributed by atoms with Crippen LogP contribution in [0.2, 0.25) is 0 Å². The predicted molar refractivity (Wildman–Crippen MR) is 74.5 cm³/mol. The lowest BCUT2D eigenvalue weighted by Crippen LogP contribution is -2.35. The Balaban J connectivity index is 2.09. The molecule has 1 aliphatic carbocycles. The fourth-order valence-corrected chi connectivity index (χ4v) is 2.21. The van der Waals surface area contributed by atoms with Crippen molar-refractivity contribution in [2.45, 2.75) is 39.3 Å². The van der Waals surface area contributed by atoms with Crippen LogP contribution >= 0.6 is 0 Å². The molecule has 1 saturated carbocycles. The fourth-order valence-electron chi connectivity index (χ4n) is 2.21. The first-order chi connectivity index (χ1) is 8.97. The van der Waals surface area contributed by atoms with E-state index >= 15 is 0 Å².